The minimum atomic E-state index is -0.266. The Bertz CT molecular complexity index is 427. The maximum Gasteiger partial charge on any atom is 0.143 e. The second-order valence-corrected chi connectivity index (χ2v) is 4.03. The fourth-order valence-electron chi connectivity index (χ4n) is 1.46. The molecular weight excluding hydrogens is 214 g/mol. The molecule has 4 nitrogen and oxygen atoms in total. The van der Waals surface area contributed by atoms with Gasteiger partial charge in [0.1, 0.15) is 6.29 Å². The molecule has 1 unspecified atom stereocenters. The highest BCUT2D eigenvalue weighted by Crippen LogP contribution is 2.15. The lowest BCUT2D eigenvalue weighted by atomic mass is 10.0. The second kappa shape index (κ2) is 6.03. The number of hydrazone groups is 1. The molecule has 1 rings (SSSR count). The van der Waals surface area contributed by atoms with Gasteiger partial charge in [-0.25, -0.2) is 0 Å². The summed E-state index contributed by atoms with van der Waals surface area (Å²) in [5.41, 5.74) is 6.94. The Kier molecular flexibility index (Phi) is 4.69. The van der Waals surface area contributed by atoms with Crippen molar-refractivity contribution >= 4 is 17.7 Å². The van der Waals surface area contributed by atoms with Crippen molar-refractivity contribution in [3.05, 3.63) is 29.3 Å². The molecule has 2 N–H and O–H groups in total. The maximum absolute atomic E-state index is 10.5. The lowest BCUT2D eigenvalue weighted by Gasteiger charge is -2.10. The lowest BCUT2D eigenvalue weighted by molar-refractivity contribution is -0.109. The van der Waals surface area contributed by atoms with E-state index in [0.29, 0.717) is 0 Å². The highest BCUT2D eigenvalue weighted by atomic mass is 16.1. The van der Waals surface area contributed by atoms with Gasteiger partial charge in [0.25, 0.3) is 0 Å². The van der Waals surface area contributed by atoms with Crippen LogP contribution in [-0.4, -0.2) is 25.1 Å². The summed E-state index contributed by atoms with van der Waals surface area (Å²) in [7, 11) is 1.88. The van der Waals surface area contributed by atoms with E-state index < -0.39 is 0 Å². The molecule has 0 heterocycles. The molecule has 4 heteroatoms. The fraction of sp³-hybridized carbons (Fsp3) is 0.385. The van der Waals surface area contributed by atoms with Crippen LogP contribution in [0.1, 0.15) is 25.0 Å². The molecule has 0 radical (unpaired) electrons. The molecule has 0 aliphatic carbocycles. The first-order chi connectivity index (χ1) is 8.08. The van der Waals surface area contributed by atoms with Gasteiger partial charge in [0, 0.05) is 18.3 Å². The Morgan fingerprint density at radius 3 is 2.76 bits per heavy atom. The number of carbonyl (C=O) groups excluding carboxylic acids is 1. The third kappa shape index (κ3) is 3.59. The van der Waals surface area contributed by atoms with E-state index in [2.05, 4.69) is 15.8 Å². The first-order valence-electron chi connectivity index (χ1n) is 5.62. The van der Waals surface area contributed by atoms with Gasteiger partial charge in [-0.05, 0) is 38.5 Å². The average Bonchev–Trinajstić information content (AvgIpc) is 2.36. The van der Waals surface area contributed by atoms with Crippen molar-refractivity contribution in [2.24, 2.45) is 5.10 Å². The normalized spacial score (nSPS) is 13.1. The smallest absolute Gasteiger partial charge is 0.143 e. The summed E-state index contributed by atoms with van der Waals surface area (Å²) in [5, 5.41) is 7.30. The SMILES string of the molecule is CNc1ccc(C)c(/C(C)=N/NC(C)C=O)c1. The second-order valence-electron chi connectivity index (χ2n) is 4.03. The maximum atomic E-state index is 10.5. The van der Waals surface area contributed by atoms with Crippen LogP contribution in [0.2, 0.25) is 0 Å². The minimum Gasteiger partial charge on any atom is -0.388 e. The van der Waals surface area contributed by atoms with Crippen molar-refractivity contribution in [2.75, 3.05) is 12.4 Å². The standard InChI is InChI=1S/C13H19N3O/c1-9-5-6-12(14-4)7-13(9)11(3)16-15-10(2)8-17/h5-8,10,14-15H,1-4H3/b16-11+. The van der Waals surface area contributed by atoms with E-state index in [1.165, 1.54) is 0 Å². The molecule has 0 saturated carbocycles. The number of hydrogen-bond acceptors (Lipinski definition) is 4. The Balaban J connectivity index is 2.94. The monoisotopic (exact) mass is 233 g/mol. The third-order valence-corrected chi connectivity index (χ3v) is 2.56. The molecule has 0 fully saturated rings. The van der Waals surface area contributed by atoms with Crippen LogP contribution in [0.25, 0.3) is 0 Å². The summed E-state index contributed by atoms with van der Waals surface area (Å²) in [4.78, 5) is 10.5. The van der Waals surface area contributed by atoms with Gasteiger partial charge in [-0.2, -0.15) is 5.10 Å². The van der Waals surface area contributed by atoms with Gasteiger partial charge < -0.3 is 10.1 Å². The number of aldehydes is 1. The molecule has 1 atom stereocenters. The van der Waals surface area contributed by atoms with Crippen molar-refractivity contribution in [3.63, 3.8) is 0 Å². The van der Waals surface area contributed by atoms with E-state index in [0.717, 1.165) is 28.8 Å². The predicted octanol–water partition coefficient (Wildman–Crippen LogP) is 1.94. The van der Waals surface area contributed by atoms with Crippen LogP contribution >= 0.6 is 0 Å². The van der Waals surface area contributed by atoms with Crippen LogP contribution in [-0.2, 0) is 4.79 Å². The molecule has 17 heavy (non-hydrogen) atoms. The first kappa shape index (κ1) is 13.2. The molecule has 1 aromatic carbocycles. The average molecular weight is 233 g/mol. The van der Waals surface area contributed by atoms with Crippen LogP contribution < -0.4 is 10.7 Å². The van der Waals surface area contributed by atoms with E-state index >= 15 is 0 Å². The van der Waals surface area contributed by atoms with Gasteiger partial charge in [0.2, 0.25) is 0 Å². The van der Waals surface area contributed by atoms with Gasteiger partial charge >= 0.3 is 0 Å². The highest BCUT2D eigenvalue weighted by molar-refractivity contribution is 6.00. The number of nitrogens with one attached hydrogen (secondary N) is 2. The highest BCUT2D eigenvalue weighted by Gasteiger charge is 2.04. The molecular formula is C13H19N3O. The molecule has 1 aromatic rings. The van der Waals surface area contributed by atoms with Crippen molar-refractivity contribution in [2.45, 2.75) is 26.8 Å². The van der Waals surface area contributed by atoms with Gasteiger partial charge in [0.15, 0.2) is 0 Å². The Hall–Kier alpha value is -1.84. The Labute approximate surface area is 102 Å². The quantitative estimate of drug-likeness (QED) is 0.464. The summed E-state index contributed by atoms with van der Waals surface area (Å²) < 4.78 is 0. The van der Waals surface area contributed by atoms with Crippen LogP contribution in [0.4, 0.5) is 5.69 Å². The Morgan fingerprint density at radius 1 is 1.47 bits per heavy atom. The summed E-state index contributed by atoms with van der Waals surface area (Å²) >= 11 is 0. The zero-order valence-electron chi connectivity index (χ0n) is 10.7. The molecule has 0 amide bonds. The van der Waals surface area contributed by atoms with Crippen molar-refractivity contribution in [3.8, 4) is 0 Å². The zero-order valence-corrected chi connectivity index (χ0v) is 10.7. The predicted molar refractivity (Wildman–Crippen MR) is 71.6 cm³/mol. The van der Waals surface area contributed by atoms with Crippen molar-refractivity contribution < 1.29 is 4.79 Å². The van der Waals surface area contributed by atoms with Gasteiger partial charge in [-0.1, -0.05) is 6.07 Å². The number of aryl methyl sites for hydroxylation is 1. The number of benzene rings is 1. The summed E-state index contributed by atoms with van der Waals surface area (Å²) in [6.07, 6.45) is 0.827. The van der Waals surface area contributed by atoms with E-state index in [1.54, 1.807) is 6.92 Å². The van der Waals surface area contributed by atoms with E-state index in [9.17, 15) is 4.79 Å². The number of carbonyl (C=O) groups is 1. The van der Waals surface area contributed by atoms with Gasteiger partial charge in [0.05, 0.1) is 11.8 Å². The van der Waals surface area contributed by atoms with E-state index in [-0.39, 0.29) is 6.04 Å². The minimum absolute atomic E-state index is 0.266. The van der Waals surface area contributed by atoms with Crippen LogP contribution in [0.3, 0.4) is 0 Å². The zero-order chi connectivity index (χ0) is 12.8. The molecule has 0 bridgehead atoms. The van der Waals surface area contributed by atoms with Crippen LogP contribution in [0.5, 0.6) is 0 Å². The molecule has 0 aliphatic rings. The van der Waals surface area contributed by atoms with Crippen LogP contribution in [0, 0.1) is 6.92 Å². The van der Waals surface area contributed by atoms with Crippen molar-refractivity contribution in [1.29, 1.82) is 0 Å². The summed E-state index contributed by atoms with van der Waals surface area (Å²) in [6, 6.07) is 5.84. The summed E-state index contributed by atoms with van der Waals surface area (Å²) in [6.45, 7) is 5.73. The van der Waals surface area contributed by atoms with E-state index in [4.69, 9.17) is 0 Å². The number of rotatable bonds is 5. The Morgan fingerprint density at radius 2 is 2.18 bits per heavy atom. The lowest BCUT2D eigenvalue weighted by Crippen LogP contribution is -2.23. The van der Waals surface area contributed by atoms with Gasteiger partial charge in [-0.15, -0.1) is 0 Å². The van der Waals surface area contributed by atoms with E-state index in [1.807, 2.05) is 39.1 Å². The van der Waals surface area contributed by atoms with Crippen molar-refractivity contribution in [1.82, 2.24) is 5.43 Å². The topological polar surface area (TPSA) is 53.5 Å². The molecule has 92 valence electrons. The fourth-order valence-corrected chi connectivity index (χ4v) is 1.46. The number of hydrogen-bond donors (Lipinski definition) is 2. The molecule has 0 aliphatic heterocycles. The number of nitrogens with zero attached hydrogens (tertiary/aromatic N) is 1. The number of anilines is 1. The largest absolute Gasteiger partial charge is 0.388 e. The third-order valence-electron chi connectivity index (χ3n) is 2.56. The molecule has 0 aromatic heterocycles. The summed E-state index contributed by atoms with van der Waals surface area (Å²) in [5.74, 6) is 0. The molecule has 0 saturated heterocycles. The first-order valence-corrected chi connectivity index (χ1v) is 5.62. The molecule has 0 spiro atoms. The van der Waals surface area contributed by atoms with Crippen LogP contribution in [0.15, 0.2) is 23.3 Å². The van der Waals surface area contributed by atoms with Gasteiger partial charge in [-0.3, -0.25) is 5.43 Å².